The van der Waals surface area contributed by atoms with Crippen molar-refractivity contribution in [2.45, 2.75) is 421 Å². The molecule has 1 amide bonds. The van der Waals surface area contributed by atoms with Crippen LogP contribution >= 0.6 is 0 Å². The Kier molecular flexibility index (Phi) is 52.7. The molecule has 0 saturated carbocycles. The molecule has 9 N–H and O–H groups in total. The summed E-state index contributed by atoms with van der Waals surface area (Å²) < 4.78 is 22.9. The number of amides is 1. The highest BCUT2D eigenvalue weighted by Crippen LogP contribution is 2.30. The Bertz CT molecular complexity index is 1410. The van der Waals surface area contributed by atoms with Crippen LogP contribution in [0.1, 0.15) is 348 Å². The molecule has 14 heteroatoms. The number of aliphatic hydroxyl groups excluding tert-OH is 8. The van der Waals surface area contributed by atoms with Crippen molar-refractivity contribution in [1.29, 1.82) is 0 Å². The third kappa shape index (κ3) is 39.9. The fraction of sp³-hybridized carbons (Fsp3) is 0.986. The van der Waals surface area contributed by atoms with E-state index in [4.69, 9.17) is 18.9 Å². The van der Waals surface area contributed by atoms with Gasteiger partial charge in [0.05, 0.1) is 32.0 Å². The van der Waals surface area contributed by atoms with Crippen molar-refractivity contribution < 1.29 is 64.6 Å². The van der Waals surface area contributed by atoms with E-state index in [9.17, 15) is 45.6 Å². The van der Waals surface area contributed by atoms with Gasteiger partial charge in [0.25, 0.3) is 0 Å². The predicted octanol–water partition coefficient (Wildman–Crippen LogP) is 14.8. The maximum Gasteiger partial charge on any atom is 0.220 e. The number of carbonyl (C=O) groups is 1. The zero-order valence-corrected chi connectivity index (χ0v) is 54.4. The summed E-state index contributed by atoms with van der Waals surface area (Å²) in [4.78, 5) is 13.3. The van der Waals surface area contributed by atoms with Crippen molar-refractivity contribution >= 4 is 5.91 Å². The average Bonchev–Trinajstić information content (AvgIpc) is 3.64. The SMILES string of the molecule is CCCCCCCCCCCCCCCCCCCCCCCCCCCCCCCCCCC(O)C(COC1OC(CO)C(OC2OC(CO)C(O)C(O)C2O)C(O)C1O)NC(=O)CCCCCCCCCCCCCCCCCCCC. The molecule has 2 saturated heterocycles. The van der Waals surface area contributed by atoms with E-state index in [2.05, 4.69) is 19.2 Å². The number of hydrogen-bond donors (Lipinski definition) is 9. The fourth-order valence-corrected chi connectivity index (χ4v) is 12.5. The smallest absolute Gasteiger partial charge is 0.220 e. The van der Waals surface area contributed by atoms with E-state index in [1.165, 1.54) is 270 Å². The molecule has 14 nitrogen and oxygen atoms in total. The first kappa shape index (κ1) is 79.1. The molecule has 0 spiro atoms. The minimum Gasteiger partial charge on any atom is -0.394 e. The van der Waals surface area contributed by atoms with Gasteiger partial charge in [-0.15, -0.1) is 0 Å². The van der Waals surface area contributed by atoms with Gasteiger partial charge in [-0.05, 0) is 12.8 Å². The van der Waals surface area contributed by atoms with Crippen LogP contribution in [0.2, 0.25) is 0 Å². The van der Waals surface area contributed by atoms with Gasteiger partial charge in [0.15, 0.2) is 12.6 Å². The van der Waals surface area contributed by atoms with E-state index >= 15 is 0 Å². The molecule has 500 valence electrons. The van der Waals surface area contributed by atoms with Crippen molar-refractivity contribution in [2.75, 3.05) is 19.8 Å². The van der Waals surface area contributed by atoms with Crippen LogP contribution in [-0.2, 0) is 23.7 Å². The van der Waals surface area contributed by atoms with E-state index in [0.717, 1.165) is 51.4 Å². The molecule has 12 unspecified atom stereocenters. The number of aliphatic hydroxyl groups is 8. The molecule has 12 atom stereocenters. The van der Waals surface area contributed by atoms with Crippen molar-refractivity contribution in [3.05, 3.63) is 0 Å². The number of ether oxygens (including phenoxy) is 4. The van der Waals surface area contributed by atoms with Gasteiger partial charge >= 0.3 is 0 Å². The molecule has 0 aliphatic carbocycles. The molecule has 2 rings (SSSR count). The summed E-state index contributed by atoms with van der Waals surface area (Å²) in [5.41, 5.74) is 0. The first-order chi connectivity index (χ1) is 41.1. The summed E-state index contributed by atoms with van der Waals surface area (Å²) in [6, 6.07) is -0.824. The van der Waals surface area contributed by atoms with Crippen LogP contribution in [0.25, 0.3) is 0 Å². The minimum atomic E-state index is -1.78. The summed E-state index contributed by atoms with van der Waals surface area (Å²) in [5, 5.41) is 87.6. The first-order valence-corrected chi connectivity index (χ1v) is 36.3. The molecule has 2 aliphatic rings. The molecular formula is C70H137NO13. The lowest BCUT2D eigenvalue weighted by molar-refractivity contribution is -0.359. The zero-order chi connectivity index (χ0) is 60.9. The summed E-state index contributed by atoms with van der Waals surface area (Å²) in [5.74, 6) is -0.198. The number of nitrogens with one attached hydrogen (secondary N) is 1. The van der Waals surface area contributed by atoms with E-state index in [-0.39, 0.29) is 12.5 Å². The first-order valence-electron chi connectivity index (χ1n) is 36.3. The van der Waals surface area contributed by atoms with E-state index in [1.807, 2.05) is 0 Å². The van der Waals surface area contributed by atoms with Crippen molar-refractivity contribution in [3.63, 3.8) is 0 Å². The Morgan fingerprint density at radius 1 is 0.381 bits per heavy atom. The van der Waals surface area contributed by atoms with Gasteiger partial charge in [-0.3, -0.25) is 4.79 Å². The highest BCUT2D eigenvalue weighted by atomic mass is 16.7. The van der Waals surface area contributed by atoms with Crippen LogP contribution in [0.3, 0.4) is 0 Å². The monoisotopic (exact) mass is 1200 g/mol. The Labute approximate surface area is 514 Å². The molecule has 84 heavy (non-hydrogen) atoms. The topological polar surface area (TPSA) is 228 Å². The molecule has 0 radical (unpaired) electrons. The normalized spacial score (nSPS) is 23.5. The summed E-state index contributed by atoms with van der Waals surface area (Å²) in [6.07, 6.45) is 49.9. The van der Waals surface area contributed by atoms with Gasteiger partial charge in [0.1, 0.15) is 48.8 Å². The van der Waals surface area contributed by atoms with Crippen LogP contribution in [-0.4, -0.2) is 140 Å². The van der Waals surface area contributed by atoms with E-state index in [1.54, 1.807) is 0 Å². The van der Waals surface area contributed by atoms with Crippen LogP contribution in [0, 0.1) is 0 Å². The lowest BCUT2D eigenvalue weighted by atomic mass is 9.97. The number of carbonyl (C=O) groups excluding carboxylic acids is 1. The van der Waals surface area contributed by atoms with Gasteiger partial charge in [0, 0.05) is 6.42 Å². The second-order valence-electron chi connectivity index (χ2n) is 26.1. The van der Waals surface area contributed by atoms with E-state index < -0.39 is 86.8 Å². The van der Waals surface area contributed by atoms with Gasteiger partial charge < -0.3 is 65.1 Å². The van der Waals surface area contributed by atoms with Crippen molar-refractivity contribution in [1.82, 2.24) is 5.32 Å². The molecule has 0 aromatic rings. The third-order valence-corrected chi connectivity index (χ3v) is 18.3. The summed E-state index contributed by atoms with van der Waals surface area (Å²) >= 11 is 0. The second-order valence-corrected chi connectivity index (χ2v) is 26.1. The largest absolute Gasteiger partial charge is 0.394 e. The molecular weight excluding hydrogens is 1060 g/mol. The molecule has 0 aromatic heterocycles. The summed E-state index contributed by atoms with van der Waals surface area (Å²) in [7, 11) is 0. The maximum absolute atomic E-state index is 13.3. The quantitative estimate of drug-likeness (QED) is 0.0259. The summed E-state index contributed by atoms with van der Waals surface area (Å²) in [6.45, 7) is 2.93. The second kappa shape index (κ2) is 56.0. The van der Waals surface area contributed by atoms with Crippen molar-refractivity contribution in [3.8, 4) is 0 Å². The molecule has 2 fully saturated rings. The van der Waals surface area contributed by atoms with Gasteiger partial charge in [-0.2, -0.15) is 0 Å². The maximum atomic E-state index is 13.3. The van der Waals surface area contributed by atoms with Gasteiger partial charge in [-0.25, -0.2) is 0 Å². The van der Waals surface area contributed by atoms with Crippen LogP contribution in [0.15, 0.2) is 0 Å². The lowest BCUT2D eigenvalue weighted by Gasteiger charge is -2.46. The van der Waals surface area contributed by atoms with Crippen LogP contribution in [0.5, 0.6) is 0 Å². The molecule has 2 aliphatic heterocycles. The predicted molar refractivity (Wildman–Crippen MR) is 342 cm³/mol. The van der Waals surface area contributed by atoms with Gasteiger partial charge in [-0.1, -0.05) is 328 Å². The Morgan fingerprint density at radius 2 is 0.679 bits per heavy atom. The third-order valence-electron chi connectivity index (χ3n) is 18.3. The van der Waals surface area contributed by atoms with E-state index in [0.29, 0.717) is 12.8 Å². The van der Waals surface area contributed by atoms with Crippen molar-refractivity contribution in [2.24, 2.45) is 0 Å². The molecule has 2 heterocycles. The molecule has 0 aromatic carbocycles. The highest BCUT2D eigenvalue weighted by molar-refractivity contribution is 5.76. The Balaban J connectivity index is 1.62. The van der Waals surface area contributed by atoms with Crippen LogP contribution < -0.4 is 5.32 Å². The number of unbranched alkanes of at least 4 members (excludes halogenated alkanes) is 48. The molecule has 0 bridgehead atoms. The number of hydrogen-bond acceptors (Lipinski definition) is 13. The highest BCUT2D eigenvalue weighted by Gasteiger charge is 2.51. The standard InChI is InChI=1S/C70H137NO13/c1-3-5-7-9-11-13-15-17-19-21-23-24-25-26-27-28-29-30-31-32-33-34-35-36-37-39-41-43-45-47-49-51-53-59(74)58(71-62(75)54-52-50-48-46-44-42-40-38-22-20-18-16-14-12-10-8-6-4-2)57-81-69-67(80)65(78)68(61(56-73)83-69)84-70-66(79)64(77)63(76)60(55-72)82-70/h58-61,63-70,72-74,76-80H,3-57H2,1-2H3,(H,71,75). The Hall–Kier alpha value is -1.01. The zero-order valence-electron chi connectivity index (χ0n) is 54.4. The fourth-order valence-electron chi connectivity index (χ4n) is 12.5. The minimum absolute atomic E-state index is 0.198. The Morgan fingerprint density at radius 3 is 1.01 bits per heavy atom. The average molecular weight is 1200 g/mol. The van der Waals surface area contributed by atoms with Crippen LogP contribution in [0.4, 0.5) is 0 Å². The lowest BCUT2D eigenvalue weighted by Crippen LogP contribution is -2.65. The van der Waals surface area contributed by atoms with Gasteiger partial charge in [0.2, 0.25) is 5.91 Å². The number of rotatable bonds is 61.